The molecule has 1 fully saturated rings. The van der Waals surface area contributed by atoms with Crippen molar-refractivity contribution in [2.24, 2.45) is 5.73 Å². The number of piperazine rings is 1. The summed E-state index contributed by atoms with van der Waals surface area (Å²) in [6.07, 6.45) is 0. The van der Waals surface area contributed by atoms with Crippen LogP contribution in [0.5, 0.6) is 0 Å². The van der Waals surface area contributed by atoms with Crippen molar-refractivity contribution in [3.8, 4) is 0 Å². The lowest BCUT2D eigenvalue weighted by Gasteiger charge is -2.43. The molecule has 1 amide bonds. The van der Waals surface area contributed by atoms with Gasteiger partial charge in [-0.15, -0.1) is 0 Å². The third-order valence-corrected chi connectivity index (χ3v) is 3.94. The van der Waals surface area contributed by atoms with Crippen molar-refractivity contribution in [1.82, 2.24) is 9.80 Å². The van der Waals surface area contributed by atoms with Gasteiger partial charge in [-0.2, -0.15) is 0 Å². The van der Waals surface area contributed by atoms with E-state index in [-0.39, 0.29) is 11.4 Å². The van der Waals surface area contributed by atoms with Crippen LogP contribution < -0.4 is 5.73 Å². The number of carbonyl (C=O) groups is 1. The third kappa shape index (κ3) is 3.14. The molecule has 1 aromatic carbocycles. The minimum atomic E-state index is 0.0158. The Kier molecular flexibility index (Phi) is 4.22. The first kappa shape index (κ1) is 14.0. The molecule has 1 aliphatic rings. The van der Waals surface area contributed by atoms with Crippen LogP contribution >= 0.6 is 0 Å². The van der Waals surface area contributed by atoms with Crippen molar-refractivity contribution in [3.05, 3.63) is 35.9 Å². The molecular weight excluding hydrogens is 238 g/mol. The predicted octanol–water partition coefficient (Wildman–Crippen LogP) is 1.18. The standard InChI is InChI=1S/C15H23N3O/c1-15(2,12-16)18-10-8-17(9-11-18)14(19)13-6-4-3-5-7-13/h3-7H,8-12,16H2,1-2H3. The fraction of sp³-hybridized carbons (Fsp3) is 0.533. The van der Waals surface area contributed by atoms with Crippen LogP contribution in [0.4, 0.5) is 0 Å². The zero-order valence-corrected chi connectivity index (χ0v) is 11.8. The first-order valence-corrected chi connectivity index (χ1v) is 6.84. The molecule has 104 valence electrons. The van der Waals surface area contributed by atoms with Crippen molar-refractivity contribution < 1.29 is 4.79 Å². The zero-order valence-electron chi connectivity index (χ0n) is 11.8. The van der Waals surface area contributed by atoms with E-state index >= 15 is 0 Å². The van der Waals surface area contributed by atoms with Gasteiger partial charge in [-0.3, -0.25) is 9.69 Å². The number of rotatable bonds is 3. The van der Waals surface area contributed by atoms with E-state index in [0.29, 0.717) is 6.54 Å². The Hall–Kier alpha value is -1.39. The largest absolute Gasteiger partial charge is 0.336 e. The quantitative estimate of drug-likeness (QED) is 0.889. The average Bonchev–Trinajstić information content (AvgIpc) is 2.47. The first-order valence-electron chi connectivity index (χ1n) is 6.84. The second-order valence-corrected chi connectivity index (χ2v) is 5.66. The van der Waals surface area contributed by atoms with Gasteiger partial charge in [-0.05, 0) is 26.0 Å². The maximum atomic E-state index is 12.3. The zero-order chi connectivity index (χ0) is 13.9. The maximum Gasteiger partial charge on any atom is 0.253 e. The van der Waals surface area contributed by atoms with Gasteiger partial charge in [0, 0.05) is 43.8 Å². The molecule has 0 saturated carbocycles. The number of nitrogens with two attached hydrogens (primary N) is 1. The lowest BCUT2D eigenvalue weighted by molar-refractivity contribution is 0.0426. The van der Waals surface area contributed by atoms with E-state index in [2.05, 4.69) is 18.7 Å². The number of carbonyl (C=O) groups excluding carboxylic acids is 1. The summed E-state index contributed by atoms with van der Waals surface area (Å²) >= 11 is 0. The molecule has 0 atom stereocenters. The SMILES string of the molecule is CC(C)(CN)N1CCN(C(=O)c2ccccc2)CC1. The van der Waals surface area contributed by atoms with E-state index in [4.69, 9.17) is 5.73 Å². The second kappa shape index (κ2) is 5.72. The molecule has 0 unspecified atom stereocenters. The van der Waals surface area contributed by atoms with Crippen LogP contribution in [0.2, 0.25) is 0 Å². The molecule has 4 nitrogen and oxygen atoms in total. The van der Waals surface area contributed by atoms with Gasteiger partial charge < -0.3 is 10.6 Å². The van der Waals surface area contributed by atoms with E-state index in [1.165, 1.54) is 0 Å². The normalized spacial score (nSPS) is 17.5. The van der Waals surface area contributed by atoms with Crippen molar-refractivity contribution >= 4 is 5.91 Å². The highest BCUT2D eigenvalue weighted by Crippen LogP contribution is 2.16. The fourth-order valence-corrected chi connectivity index (χ4v) is 2.41. The average molecular weight is 261 g/mol. The van der Waals surface area contributed by atoms with Gasteiger partial charge in [0.15, 0.2) is 0 Å². The molecule has 1 saturated heterocycles. The van der Waals surface area contributed by atoms with Crippen LogP contribution in [0.25, 0.3) is 0 Å². The Morgan fingerprint density at radius 3 is 2.26 bits per heavy atom. The summed E-state index contributed by atoms with van der Waals surface area (Å²) in [5.41, 5.74) is 6.59. The van der Waals surface area contributed by atoms with E-state index in [0.717, 1.165) is 31.7 Å². The van der Waals surface area contributed by atoms with Gasteiger partial charge in [0.2, 0.25) is 0 Å². The molecule has 1 aromatic rings. The number of nitrogens with zero attached hydrogens (tertiary/aromatic N) is 2. The molecule has 0 bridgehead atoms. The second-order valence-electron chi connectivity index (χ2n) is 5.66. The Labute approximate surface area is 115 Å². The smallest absolute Gasteiger partial charge is 0.253 e. The molecular formula is C15H23N3O. The molecule has 19 heavy (non-hydrogen) atoms. The highest BCUT2D eigenvalue weighted by atomic mass is 16.2. The highest BCUT2D eigenvalue weighted by Gasteiger charge is 2.30. The van der Waals surface area contributed by atoms with E-state index in [1.807, 2.05) is 35.2 Å². The lowest BCUT2D eigenvalue weighted by atomic mass is 10.0. The fourth-order valence-electron chi connectivity index (χ4n) is 2.41. The Balaban J connectivity index is 1.95. The van der Waals surface area contributed by atoms with Crippen molar-refractivity contribution in [1.29, 1.82) is 0 Å². The summed E-state index contributed by atoms with van der Waals surface area (Å²) in [5, 5.41) is 0. The van der Waals surface area contributed by atoms with E-state index in [9.17, 15) is 4.79 Å². The summed E-state index contributed by atoms with van der Waals surface area (Å²) in [6, 6.07) is 9.48. The monoisotopic (exact) mass is 261 g/mol. The van der Waals surface area contributed by atoms with Crippen LogP contribution in [-0.2, 0) is 0 Å². The topological polar surface area (TPSA) is 49.6 Å². The lowest BCUT2D eigenvalue weighted by Crippen LogP contribution is -2.58. The Morgan fingerprint density at radius 1 is 1.16 bits per heavy atom. The molecule has 0 spiro atoms. The molecule has 0 aliphatic carbocycles. The Morgan fingerprint density at radius 2 is 1.74 bits per heavy atom. The molecule has 0 radical (unpaired) electrons. The van der Waals surface area contributed by atoms with Gasteiger partial charge in [0.25, 0.3) is 5.91 Å². The van der Waals surface area contributed by atoms with Gasteiger partial charge in [0.1, 0.15) is 0 Å². The first-order chi connectivity index (χ1) is 9.04. The molecule has 1 aliphatic heterocycles. The van der Waals surface area contributed by atoms with Crippen LogP contribution in [0.3, 0.4) is 0 Å². The molecule has 1 heterocycles. The number of hydrogen-bond acceptors (Lipinski definition) is 3. The van der Waals surface area contributed by atoms with E-state index in [1.54, 1.807) is 0 Å². The predicted molar refractivity (Wildman–Crippen MR) is 77.1 cm³/mol. The minimum absolute atomic E-state index is 0.0158. The summed E-state index contributed by atoms with van der Waals surface area (Å²) in [4.78, 5) is 16.6. The van der Waals surface area contributed by atoms with Crippen LogP contribution in [0.1, 0.15) is 24.2 Å². The highest BCUT2D eigenvalue weighted by molar-refractivity contribution is 5.94. The minimum Gasteiger partial charge on any atom is -0.336 e. The third-order valence-electron chi connectivity index (χ3n) is 3.94. The Bertz CT molecular complexity index is 422. The summed E-state index contributed by atoms with van der Waals surface area (Å²) in [5.74, 6) is 0.130. The van der Waals surface area contributed by atoms with Gasteiger partial charge >= 0.3 is 0 Å². The van der Waals surface area contributed by atoms with Crippen LogP contribution in [-0.4, -0.2) is 54.0 Å². The van der Waals surface area contributed by atoms with Gasteiger partial charge in [-0.1, -0.05) is 18.2 Å². The molecule has 4 heteroatoms. The maximum absolute atomic E-state index is 12.3. The van der Waals surface area contributed by atoms with E-state index < -0.39 is 0 Å². The van der Waals surface area contributed by atoms with Crippen molar-refractivity contribution in [2.45, 2.75) is 19.4 Å². The van der Waals surface area contributed by atoms with Gasteiger partial charge in [-0.25, -0.2) is 0 Å². The summed E-state index contributed by atoms with van der Waals surface area (Å²) in [7, 11) is 0. The van der Waals surface area contributed by atoms with Gasteiger partial charge in [0.05, 0.1) is 0 Å². The van der Waals surface area contributed by atoms with Crippen molar-refractivity contribution in [2.75, 3.05) is 32.7 Å². The molecule has 2 rings (SSSR count). The summed E-state index contributed by atoms with van der Waals surface area (Å²) < 4.78 is 0. The molecule has 0 aromatic heterocycles. The number of amides is 1. The molecule has 2 N–H and O–H groups in total. The summed E-state index contributed by atoms with van der Waals surface area (Å²) in [6.45, 7) is 8.28. The van der Waals surface area contributed by atoms with Crippen LogP contribution in [0.15, 0.2) is 30.3 Å². The number of benzene rings is 1. The number of hydrogen-bond donors (Lipinski definition) is 1. The van der Waals surface area contributed by atoms with Crippen molar-refractivity contribution in [3.63, 3.8) is 0 Å². The van der Waals surface area contributed by atoms with Crippen LogP contribution in [0, 0.1) is 0 Å².